The molecule has 0 fully saturated rings. The first kappa shape index (κ1) is 8.69. The molecule has 0 aliphatic rings. The van der Waals surface area contributed by atoms with Crippen LogP contribution in [0.15, 0.2) is 18.2 Å². The molecule has 0 aliphatic heterocycles. The summed E-state index contributed by atoms with van der Waals surface area (Å²) in [5.74, 6) is 0.552. The van der Waals surface area contributed by atoms with Crippen LogP contribution >= 0.6 is 11.6 Å². The van der Waals surface area contributed by atoms with Crippen LogP contribution in [0.3, 0.4) is 0 Å². The van der Waals surface area contributed by atoms with Crippen LogP contribution in [-0.2, 0) is 0 Å². The van der Waals surface area contributed by atoms with E-state index in [0.29, 0.717) is 16.5 Å². The van der Waals surface area contributed by atoms with Crippen molar-refractivity contribution in [2.75, 3.05) is 12.3 Å². The Balaban J connectivity index is 2.77. The zero-order valence-corrected chi connectivity index (χ0v) is 7.01. The van der Waals surface area contributed by atoms with Gasteiger partial charge >= 0.3 is 0 Å². The number of benzene rings is 1. The predicted octanol–water partition coefficient (Wildman–Crippen LogP) is 1.82. The van der Waals surface area contributed by atoms with Crippen molar-refractivity contribution in [3.05, 3.63) is 23.2 Å². The van der Waals surface area contributed by atoms with Crippen molar-refractivity contribution in [1.29, 1.82) is 5.26 Å². The molecule has 1 aromatic carbocycles. The second kappa shape index (κ2) is 3.84. The van der Waals surface area contributed by atoms with Gasteiger partial charge in [0.25, 0.3) is 0 Å². The Morgan fingerprint density at radius 1 is 1.58 bits per heavy atom. The molecule has 12 heavy (non-hydrogen) atoms. The molecule has 62 valence electrons. The van der Waals surface area contributed by atoms with Crippen molar-refractivity contribution >= 4 is 17.3 Å². The summed E-state index contributed by atoms with van der Waals surface area (Å²) in [5, 5.41) is 8.65. The molecule has 0 radical (unpaired) electrons. The summed E-state index contributed by atoms with van der Waals surface area (Å²) in [6.07, 6.45) is 0. The molecule has 2 N–H and O–H groups in total. The maximum absolute atomic E-state index is 8.22. The van der Waals surface area contributed by atoms with E-state index in [4.69, 9.17) is 27.3 Å². The van der Waals surface area contributed by atoms with Gasteiger partial charge in [-0.05, 0) is 12.1 Å². The Hall–Kier alpha value is -1.40. The minimum absolute atomic E-state index is 0.0141. The van der Waals surface area contributed by atoms with Gasteiger partial charge in [-0.15, -0.1) is 0 Å². The zero-order valence-electron chi connectivity index (χ0n) is 6.25. The van der Waals surface area contributed by atoms with E-state index in [1.165, 1.54) is 0 Å². The van der Waals surface area contributed by atoms with Gasteiger partial charge in [0.15, 0.2) is 6.61 Å². The highest BCUT2D eigenvalue weighted by Gasteiger charge is 1.97. The molecule has 0 atom stereocenters. The Morgan fingerprint density at radius 2 is 2.33 bits per heavy atom. The average molecular weight is 183 g/mol. The van der Waals surface area contributed by atoms with E-state index in [1.54, 1.807) is 18.2 Å². The predicted molar refractivity (Wildman–Crippen MR) is 47.0 cm³/mol. The highest BCUT2D eigenvalue weighted by atomic mass is 35.5. The van der Waals surface area contributed by atoms with E-state index in [2.05, 4.69) is 0 Å². The van der Waals surface area contributed by atoms with E-state index in [0.717, 1.165) is 0 Å². The SMILES string of the molecule is N#CCOc1ccc(N)c(Cl)c1. The lowest BCUT2D eigenvalue weighted by Gasteiger charge is -2.02. The Labute approximate surface area is 75.3 Å². The minimum atomic E-state index is 0.0141. The summed E-state index contributed by atoms with van der Waals surface area (Å²) >= 11 is 5.70. The molecule has 0 bridgehead atoms. The number of nitrogen functional groups attached to an aromatic ring is 1. The maximum atomic E-state index is 8.22. The van der Waals surface area contributed by atoms with Crippen molar-refractivity contribution in [2.24, 2.45) is 0 Å². The summed E-state index contributed by atoms with van der Waals surface area (Å²) in [5.41, 5.74) is 5.97. The summed E-state index contributed by atoms with van der Waals surface area (Å²) in [7, 11) is 0. The highest BCUT2D eigenvalue weighted by Crippen LogP contribution is 2.23. The normalized spacial score (nSPS) is 9.00. The first-order valence-corrected chi connectivity index (χ1v) is 3.66. The van der Waals surface area contributed by atoms with E-state index >= 15 is 0 Å². The van der Waals surface area contributed by atoms with Crippen LogP contribution in [0.2, 0.25) is 5.02 Å². The van der Waals surface area contributed by atoms with Gasteiger partial charge in [0.1, 0.15) is 11.8 Å². The van der Waals surface area contributed by atoms with Gasteiger partial charge in [0.2, 0.25) is 0 Å². The van der Waals surface area contributed by atoms with Crippen LogP contribution in [0.5, 0.6) is 5.75 Å². The van der Waals surface area contributed by atoms with E-state index in [1.807, 2.05) is 6.07 Å². The summed E-state index contributed by atoms with van der Waals surface area (Å²) in [6.45, 7) is 0.0141. The van der Waals surface area contributed by atoms with Crippen LogP contribution in [0.1, 0.15) is 0 Å². The molecule has 0 aliphatic carbocycles. The van der Waals surface area contributed by atoms with Gasteiger partial charge < -0.3 is 10.5 Å². The maximum Gasteiger partial charge on any atom is 0.174 e. The third kappa shape index (κ3) is 2.04. The topological polar surface area (TPSA) is 59.0 Å². The van der Waals surface area contributed by atoms with Crippen LogP contribution in [-0.4, -0.2) is 6.61 Å². The second-order valence-corrected chi connectivity index (χ2v) is 2.54. The van der Waals surface area contributed by atoms with Gasteiger partial charge in [0, 0.05) is 6.07 Å². The van der Waals surface area contributed by atoms with Crippen molar-refractivity contribution < 1.29 is 4.74 Å². The molecule has 1 aromatic rings. The number of ether oxygens (including phenoxy) is 1. The molecule has 0 saturated heterocycles. The average Bonchev–Trinajstić information content (AvgIpc) is 2.07. The lowest BCUT2D eigenvalue weighted by Crippen LogP contribution is -1.94. The first-order chi connectivity index (χ1) is 5.74. The molecule has 0 saturated carbocycles. The Morgan fingerprint density at radius 3 is 2.92 bits per heavy atom. The standard InChI is InChI=1S/C8H7ClN2O/c9-7-5-6(12-4-3-10)1-2-8(7)11/h1-2,5H,4,11H2. The Bertz CT molecular complexity index is 319. The zero-order chi connectivity index (χ0) is 8.97. The van der Waals surface area contributed by atoms with Crippen LogP contribution in [0, 0.1) is 11.3 Å². The number of hydrogen-bond acceptors (Lipinski definition) is 3. The fraction of sp³-hybridized carbons (Fsp3) is 0.125. The highest BCUT2D eigenvalue weighted by molar-refractivity contribution is 6.33. The van der Waals surface area contributed by atoms with Gasteiger partial charge in [-0.1, -0.05) is 11.6 Å². The smallest absolute Gasteiger partial charge is 0.174 e. The quantitative estimate of drug-likeness (QED) is 0.710. The van der Waals surface area contributed by atoms with Crippen LogP contribution in [0.4, 0.5) is 5.69 Å². The number of halogens is 1. The number of rotatable bonds is 2. The lowest BCUT2D eigenvalue weighted by atomic mass is 10.3. The van der Waals surface area contributed by atoms with Gasteiger partial charge in [0.05, 0.1) is 10.7 Å². The van der Waals surface area contributed by atoms with Gasteiger partial charge in [-0.3, -0.25) is 0 Å². The van der Waals surface area contributed by atoms with Crippen LogP contribution < -0.4 is 10.5 Å². The number of nitrogens with two attached hydrogens (primary N) is 1. The van der Waals surface area contributed by atoms with E-state index in [9.17, 15) is 0 Å². The number of nitrogens with zero attached hydrogens (tertiary/aromatic N) is 1. The lowest BCUT2D eigenvalue weighted by molar-refractivity contribution is 0.368. The van der Waals surface area contributed by atoms with Gasteiger partial charge in [-0.2, -0.15) is 5.26 Å². The Kier molecular flexibility index (Phi) is 2.78. The van der Waals surface area contributed by atoms with Crippen LogP contribution in [0.25, 0.3) is 0 Å². The molecule has 0 amide bonds. The largest absolute Gasteiger partial charge is 0.479 e. The third-order valence-electron chi connectivity index (χ3n) is 1.28. The number of nitriles is 1. The number of anilines is 1. The molecule has 0 spiro atoms. The monoisotopic (exact) mass is 182 g/mol. The molecule has 0 heterocycles. The molecule has 1 rings (SSSR count). The number of hydrogen-bond donors (Lipinski definition) is 1. The van der Waals surface area contributed by atoms with Crippen molar-refractivity contribution in [1.82, 2.24) is 0 Å². The van der Waals surface area contributed by atoms with E-state index in [-0.39, 0.29) is 6.61 Å². The fourth-order valence-electron chi connectivity index (χ4n) is 0.713. The van der Waals surface area contributed by atoms with Gasteiger partial charge in [-0.25, -0.2) is 0 Å². The molecule has 4 heteroatoms. The minimum Gasteiger partial charge on any atom is -0.479 e. The molecule has 3 nitrogen and oxygen atoms in total. The van der Waals surface area contributed by atoms with Crippen molar-refractivity contribution in [3.8, 4) is 11.8 Å². The first-order valence-electron chi connectivity index (χ1n) is 3.29. The molecular weight excluding hydrogens is 176 g/mol. The third-order valence-corrected chi connectivity index (χ3v) is 1.60. The van der Waals surface area contributed by atoms with Crippen molar-refractivity contribution in [3.63, 3.8) is 0 Å². The molecule has 0 aromatic heterocycles. The summed E-state index contributed by atoms with van der Waals surface area (Å²) < 4.78 is 4.99. The second-order valence-electron chi connectivity index (χ2n) is 2.13. The summed E-state index contributed by atoms with van der Waals surface area (Å²) in [4.78, 5) is 0. The molecule has 0 unspecified atom stereocenters. The van der Waals surface area contributed by atoms with Crippen molar-refractivity contribution in [2.45, 2.75) is 0 Å². The van der Waals surface area contributed by atoms with E-state index < -0.39 is 0 Å². The molecular formula is C8H7ClN2O. The summed E-state index contributed by atoms with van der Waals surface area (Å²) in [6, 6.07) is 6.73. The fourth-order valence-corrected chi connectivity index (χ4v) is 0.884.